The minimum absolute atomic E-state index is 0.497. The number of para-hydroxylation sites is 1. The predicted octanol–water partition coefficient (Wildman–Crippen LogP) is 4.48. The lowest BCUT2D eigenvalue weighted by Crippen LogP contribution is -2.19. The number of anilines is 1. The Hall–Kier alpha value is -2.01. The molecule has 2 heteroatoms. The molecule has 0 atom stereocenters. The van der Waals surface area contributed by atoms with E-state index in [0.717, 1.165) is 28.1 Å². The Morgan fingerprint density at radius 1 is 1.16 bits per heavy atom. The Morgan fingerprint density at radius 3 is 2.63 bits per heavy atom. The SMILES string of the molecule is C=C1Nc2ccccc2C(C#N)=C1C1CCCCC1. The van der Waals surface area contributed by atoms with Gasteiger partial charge < -0.3 is 5.32 Å². The van der Waals surface area contributed by atoms with Crippen LogP contribution in [0.15, 0.2) is 42.1 Å². The molecule has 1 saturated carbocycles. The molecule has 19 heavy (non-hydrogen) atoms. The molecule has 1 aromatic carbocycles. The van der Waals surface area contributed by atoms with Gasteiger partial charge in [-0.05, 0) is 30.4 Å². The van der Waals surface area contributed by atoms with Crippen LogP contribution in [0.25, 0.3) is 5.57 Å². The molecule has 0 radical (unpaired) electrons. The number of hydrogen-bond donors (Lipinski definition) is 1. The first-order valence-electron chi connectivity index (χ1n) is 7.01. The molecule has 1 heterocycles. The van der Waals surface area contributed by atoms with Gasteiger partial charge in [0.2, 0.25) is 0 Å². The second-order valence-corrected chi connectivity index (χ2v) is 5.38. The molecule has 0 saturated heterocycles. The van der Waals surface area contributed by atoms with Crippen LogP contribution >= 0.6 is 0 Å². The van der Waals surface area contributed by atoms with Crippen molar-refractivity contribution in [2.75, 3.05) is 5.32 Å². The van der Waals surface area contributed by atoms with Gasteiger partial charge in [0.05, 0.1) is 5.57 Å². The minimum Gasteiger partial charge on any atom is -0.355 e. The summed E-state index contributed by atoms with van der Waals surface area (Å²) >= 11 is 0. The van der Waals surface area contributed by atoms with E-state index in [9.17, 15) is 5.26 Å². The molecule has 96 valence electrons. The zero-order valence-corrected chi connectivity index (χ0v) is 11.1. The largest absolute Gasteiger partial charge is 0.355 e. The molecule has 2 aliphatic rings. The van der Waals surface area contributed by atoms with Crippen LogP contribution in [0.1, 0.15) is 37.7 Å². The Bertz CT molecular complexity index is 584. The number of fused-ring (bicyclic) bond motifs is 1. The van der Waals surface area contributed by atoms with Crippen LogP contribution < -0.4 is 5.32 Å². The van der Waals surface area contributed by atoms with Crippen molar-refractivity contribution in [2.24, 2.45) is 5.92 Å². The number of benzene rings is 1. The van der Waals surface area contributed by atoms with Crippen LogP contribution in [0.4, 0.5) is 5.69 Å². The maximum absolute atomic E-state index is 9.58. The van der Waals surface area contributed by atoms with Crippen LogP contribution in [0.3, 0.4) is 0 Å². The fourth-order valence-corrected chi connectivity index (χ4v) is 3.30. The van der Waals surface area contributed by atoms with E-state index >= 15 is 0 Å². The summed E-state index contributed by atoms with van der Waals surface area (Å²) in [5.74, 6) is 0.497. The molecule has 0 bridgehead atoms. The van der Waals surface area contributed by atoms with E-state index in [4.69, 9.17) is 0 Å². The summed E-state index contributed by atoms with van der Waals surface area (Å²) in [6, 6.07) is 10.4. The van der Waals surface area contributed by atoms with Crippen molar-refractivity contribution in [2.45, 2.75) is 32.1 Å². The first kappa shape index (κ1) is 12.0. The molecule has 0 aromatic heterocycles. The molecule has 0 unspecified atom stereocenters. The lowest BCUT2D eigenvalue weighted by atomic mass is 9.78. The van der Waals surface area contributed by atoms with Gasteiger partial charge in [-0.1, -0.05) is 44.0 Å². The Labute approximate surface area is 114 Å². The summed E-state index contributed by atoms with van der Waals surface area (Å²) in [5, 5.41) is 12.9. The molecular weight excluding hydrogens is 232 g/mol. The van der Waals surface area contributed by atoms with Gasteiger partial charge >= 0.3 is 0 Å². The maximum Gasteiger partial charge on any atom is 0.100 e. The van der Waals surface area contributed by atoms with Crippen molar-refractivity contribution in [1.82, 2.24) is 0 Å². The highest BCUT2D eigenvalue weighted by atomic mass is 14.9. The fourth-order valence-electron chi connectivity index (χ4n) is 3.30. The van der Waals surface area contributed by atoms with E-state index in [0.29, 0.717) is 5.92 Å². The second kappa shape index (κ2) is 4.93. The van der Waals surface area contributed by atoms with Crippen LogP contribution in [-0.2, 0) is 0 Å². The van der Waals surface area contributed by atoms with Crippen LogP contribution in [0.2, 0.25) is 0 Å². The zero-order chi connectivity index (χ0) is 13.2. The van der Waals surface area contributed by atoms with Crippen molar-refractivity contribution < 1.29 is 0 Å². The number of nitriles is 1. The molecule has 1 aromatic rings. The van der Waals surface area contributed by atoms with E-state index in [1.54, 1.807) is 0 Å². The molecule has 1 aliphatic carbocycles. The fraction of sp³-hybridized carbons (Fsp3) is 0.353. The normalized spacial score (nSPS) is 19.6. The Kier molecular flexibility index (Phi) is 3.13. The van der Waals surface area contributed by atoms with E-state index in [2.05, 4.69) is 18.0 Å². The van der Waals surface area contributed by atoms with Gasteiger partial charge in [0.15, 0.2) is 0 Å². The smallest absolute Gasteiger partial charge is 0.100 e. The molecule has 1 N–H and O–H groups in total. The number of nitrogens with one attached hydrogen (secondary N) is 1. The van der Waals surface area contributed by atoms with Gasteiger partial charge in [-0.3, -0.25) is 0 Å². The van der Waals surface area contributed by atoms with Gasteiger partial charge in [0.1, 0.15) is 6.07 Å². The van der Waals surface area contributed by atoms with Crippen LogP contribution in [-0.4, -0.2) is 0 Å². The van der Waals surface area contributed by atoms with Crippen molar-refractivity contribution in [3.63, 3.8) is 0 Å². The van der Waals surface area contributed by atoms with Crippen molar-refractivity contribution in [1.29, 1.82) is 5.26 Å². The van der Waals surface area contributed by atoms with Crippen LogP contribution in [0.5, 0.6) is 0 Å². The Balaban J connectivity index is 2.11. The first-order chi connectivity index (χ1) is 9.31. The summed E-state index contributed by atoms with van der Waals surface area (Å²) in [6.07, 6.45) is 6.22. The highest BCUT2D eigenvalue weighted by molar-refractivity contribution is 5.92. The maximum atomic E-state index is 9.58. The number of allylic oxidation sites excluding steroid dienone is 2. The van der Waals surface area contributed by atoms with Gasteiger partial charge in [-0.25, -0.2) is 0 Å². The zero-order valence-electron chi connectivity index (χ0n) is 11.1. The summed E-state index contributed by atoms with van der Waals surface area (Å²) in [7, 11) is 0. The van der Waals surface area contributed by atoms with E-state index in [1.165, 1.54) is 32.1 Å². The van der Waals surface area contributed by atoms with Crippen molar-refractivity contribution in [3.8, 4) is 6.07 Å². The van der Waals surface area contributed by atoms with Crippen LogP contribution in [0, 0.1) is 17.2 Å². The predicted molar refractivity (Wildman–Crippen MR) is 78.3 cm³/mol. The third-order valence-electron chi connectivity index (χ3n) is 4.20. The summed E-state index contributed by atoms with van der Waals surface area (Å²) in [6.45, 7) is 4.15. The lowest BCUT2D eigenvalue weighted by molar-refractivity contribution is 0.407. The molecular formula is C17H18N2. The Morgan fingerprint density at radius 2 is 1.89 bits per heavy atom. The van der Waals surface area contributed by atoms with Crippen molar-refractivity contribution in [3.05, 3.63) is 47.7 Å². The summed E-state index contributed by atoms with van der Waals surface area (Å²) in [5.41, 5.74) is 4.93. The third kappa shape index (κ3) is 2.06. The second-order valence-electron chi connectivity index (χ2n) is 5.38. The first-order valence-corrected chi connectivity index (χ1v) is 7.01. The topological polar surface area (TPSA) is 35.8 Å². The minimum atomic E-state index is 0.497. The van der Waals surface area contributed by atoms with Gasteiger partial charge in [-0.2, -0.15) is 5.26 Å². The molecule has 2 nitrogen and oxygen atoms in total. The number of nitrogens with zero attached hydrogens (tertiary/aromatic N) is 1. The average molecular weight is 250 g/mol. The van der Waals surface area contributed by atoms with E-state index in [1.807, 2.05) is 24.3 Å². The highest BCUT2D eigenvalue weighted by Gasteiger charge is 2.28. The lowest BCUT2D eigenvalue weighted by Gasteiger charge is -2.31. The summed E-state index contributed by atoms with van der Waals surface area (Å²) in [4.78, 5) is 0. The van der Waals surface area contributed by atoms with Gasteiger partial charge in [-0.15, -0.1) is 0 Å². The monoisotopic (exact) mass is 250 g/mol. The number of hydrogen-bond acceptors (Lipinski definition) is 2. The average Bonchev–Trinajstić information content (AvgIpc) is 2.46. The third-order valence-corrected chi connectivity index (χ3v) is 4.20. The number of rotatable bonds is 1. The quantitative estimate of drug-likeness (QED) is 0.797. The summed E-state index contributed by atoms with van der Waals surface area (Å²) < 4.78 is 0. The molecule has 3 rings (SSSR count). The molecule has 0 spiro atoms. The van der Waals surface area contributed by atoms with Crippen molar-refractivity contribution >= 4 is 11.3 Å². The van der Waals surface area contributed by atoms with E-state index in [-0.39, 0.29) is 0 Å². The molecule has 1 fully saturated rings. The standard InChI is InChI=1S/C17H18N2/c1-12-17(13-7-3-2-4-8-13)15(11-18)14-9-5-6-10-16(14)19-12/h5-6,9-10,13,19H,1-4,7-8H2. The van der Waals surface area contributed by atoms with Gasteiger partial charge in [0, 0.05) is 16.9 Å². The highest BCUT2D eigenvalue weighted by Crippen LogP contribution is 2.42. The molecule has 1 aliphatic heterocycles. The van der Waals surface area contributed by atoms with E-state index < -0.39 is 0 Å². The van der Waals surface area contributed by atoms with Gasteiger partial charge in [0.25, 0.3) is 0 Å². The molecule has 0 amide bonds.